The Labute approximate surface area is 102 Å². The van der Waals surface area contributed by atoms with Gasteiger partial charge in [0.2, 0.25) is 5.91 Å². The smallest absolute Gasteiger partial charge is 0.239 e. The van der Waals surface area contributed by atoms with Crippen LogP contribution in [0.4, 0.5) is 11.4 Å². The second-order valence-electron chi connectivity index (χ2n) is 2.84. The number of aromatic hydroxyl groups is 1. The Bertz CT molecular complexity index is 399. The normalized spacial score (nSPS) is 9.94. The van der Waals surface area contributed by atoms with Crippen molar-refractivity contribution in [3.05, 3.63) is 17.2 Å². The van der Waals surface area contributed by atoms with Crippen molar-refractivity contribution >= 4 is 40.5 Å². The highest BCUT2D eigenvalue weighted by Gasteiger charge is 2.10. The Morgan fingerprint density at radius 1 is 1.56 bits per heavy atom. The number of nitrogens with one attached hydrogen (secondary N) is 2. The molecule has 0 atom stereocenters. The van der Waals surface area contributed by atoms with Gasteiger partial charge in [0.1, 0.15) is 5.88 Å². The summed E-state index contributed by atoms with van der Waals surface area (Å²) in [5, 5.41) is 12.1. The number of hydrogen-bond acceptors (Lipinski definition) is 4. The average Bonchev–Trinajstić information content (AvgIpc) is 2.25. The lowest BCUT2D eigenvalue weighted by atomic mass is 10.2. The molecule has 0 aliphatic rings. The Hall–Kier alpha value is -1.17. The van der Waals surface area contributed by atoms with E-state index >= 15 is 0 Å². The van der Waals surface area contributed by atoms with Crippen LogP contribution in [0.5, 0.6) is 5.75 Å². The molecular weight excluding hydrogens is 255 g/mol. The molecule has 0 radical (unpaired) electrons. The minimum absolute atomic E-state index is 0.0897. The monoisotopic (exact) mass is 264 g/mol. The van der Waals surface area contributed by atoms with E-state index in [2.05, 4.69) is 15.6 Å². The number of phenolic OH excluding ortho intramolecular Hbond substituents is 1. The Morgan fingerprint density at radius 2 is 2.25 bits per heavy atom. The summed E-state index contributed by atoms with van der Waals surface area (Å²) in [7, 11) is 1.43. The summed E-state index contributed by atoms with van der Waals surface area (Å²) < 4.78 is 0. The van der Waals surface area contributed by atoms with Crippen LogP contribution in [0.3, 0.4) is 0 Å². The minimum atomic E-state index is -0.442. The van der Waals surface area contributed by atoms with Gasteiger partial charge >= 0.3 is 0 Å². The zero-order chi connectivity index (χ0) is 12.1. The molecule has 88 valence electrons. The number of hydrogen-bond donors (Lipinski definition) is 3. The summed E-state index contributed by atoms with van der Waals surface area (Å²) >= 11 is 11.1. The summed E-state index contributed by atoms with van der Waals surface area (Å²) in [6.07, 6.45) is 0. The maximum Gasteiger partial charge on any atom is 0.239 e. The van der Waals surface area contributed by atoms with Gasteiger partial charge in [-0.3, -0.25) is 15.1 Å². The van der Waals surface area contributed by atoms with Crippen molar-refractivity contribution in [3.63, 3.8) is 0 Å². The standard InChI is InChI=1S/C9H10Cl2N2O3/c1-16-13-5-2-6(11)9(15)7(3-5)12-8(14)4-10/h2-3,13,15H,4H2,1H3,(H,12,14). The first-order valence-corrected chi connectivity index (χ1v) is 5.17. The number of carbonyl (C=O) groups is 1. The van der Waals surface area contributed by atoms with E-state index in [4.69, 9.17) is 23.2 Å². The number of halogens is 2. The Balaban J connectivity index is 3.01. The molecule has 1 amide bonds. The van der Waals surface area contributed by atoms with Crippen LogP contribution in [0, 0.1) is 0 Å². The zero-order valence-corrected chi connectivity index (χ0v) is 9.89. The number of rotatable bonds is 4. The van der Waals surface area contributed by atoms with Crippen LogP contribution in [0.2, 0.25) is 5.02 Å². The second kappa shape index (κ2) is 5.79. The van der Waals surface area contributed by atoms with Crippen molar-refractivity contribution in [1.29, 1.82) is 0 Å². The van der Waals surface area contributed by atoms with Gasteiger partial charge in [-0.1, -0.05) is 11.6 Å². The van der Waals surface area contributed by atoms with Gasteiger partial charge in [0.25, 0.3) is 0 Å². The van der Waals surface area contributed by atoms with Crippen LogP contribution < -0.4 is 10.8 Å². The molecular formula is C9H10Cl2N2O3. The molecule has 0 spiro atoms. The van der Waals surface area contributed by atoms with Crippen LogP contribution in [0.25, 0.3) is 0 Å². The zero-order valence-electron chi connectivity index (χ0n) is 8.38. The molecule has 0 heterocycles. The Kier molecular flexibility index (Phi) is 4.67. The highest BCUT2D eigenvalue weighted by atomic mass is 35.5. The quantitative estimate of drug-likeness (QED) is 0.338. The number of carbonyl (C=O) groups excluding carboxylic acids is 1. The first-order valence-electron chi connectivity index (χ1n) is 4.25. The molecule has 5 nitrogen and oxygen atoms in total. The van der Waals surface area contributed by atoms with Crippen molar-refractivity contribution in [3.8, 4) is 5.75 Å². The maximum atomic E-state index is 11.1. The van der Waals surface area contributed by atoms with Crippen molar-refractivity contribution in [2.24, 2.45) is 0 Å². The molecule has 0 aromatic heterocycles. The average molecular weight is 265 g/mol. The first kappa shape index (κ1) is 12.9. The van der Waals surface area contributed by atoms with Gasteiger partial charge in [0, 0.05) is 0 Å². The predicted molar refractivity (Wildman–Crippen MR) is 63.1 cm³/mol. The summed E-state index contributed by atoms with van der Waals surface area (Å²) in [6.45, 7) is 0. The maximum absolute atomic E-state index is 11.1. The molecule has 3 N–H and O–H groups in total. The van der Waals surface area contributed by atoms with Crippen molar-refractivity contribution in [1.82, 2.24) is 0 Å². The summed E-state index contributed by atoms with van der Waals surface area (Å²) in [4.78, 5) is 15.7. The molecule has 0 saturated carbocycles. The van der Waals surface area contributed by atoms with Gasteiger partial charge < -0.3 is 10.4 Å². The van der Waals surface area contributed by atoms with Crippen LogP contribution >= 0.6 is 23.2 Å². The van der Waals surface area contributed by atoms with Gasteiger partial charge in [-0.25, -0.2) is 0 Å². The van der Waals surface area contributed by atoms with E-state index in [0.29, 0.717) is 5.69 Å². The van der Waals surface area contributed by atoms with Gasteiger partial charge in [-0.2, -0.15) is 0 Å². The van der Waals surface area contributed by atoms with E-state index in [0.717, 1.165) is 0 Å². The van der Waals surface area contributed by atoms with Crippen molar-refractivity contribution in [2.45, 2.75) is 0 Å². The fraction of sp³-hybridized carbons (Fsp3) is 0.222. The van der Waals surface area contributed by atoms with Gasteiger partial charge in [-0.15, -0.1) is 11.6 Å². The van der Waals surface area contributed by atoms with E-state index in [1.165, 1.54) is 19.2 Å². The number of phenols is 1. The molecule has 0 aliphatic heterocycles. The Morgan fingerprint density at radius 3 is 2.81 bits per heavy atom. The molecule has 1 aromatic rings. The van der Waals surface area contributed by atoms with Crippen LogP contribution in [0.15, 0.2) is 12.1 Å². The molecule has 0 unspecified atom stereocenters. The number of benzene rings is 1. The third-order valence-corrected chi connectivity index (χ3v) is 2.21. The summed E-state index contributed by atoms with van der Waals surface area (Å²) in [5.74, 6) is -0.872. The van der Waals surface area contributed by atoms with Gasteiger partial charge in [0.05, 0.1) is 23.5 Å². The molecule has 0 fully saturated rings. The van der Waals surface area contributed by atoms with E-state index < -0.39 is 5.91 Å². The summed E-state index contributed by atoms with van der Waals surface area (Å²) in [5.41, 5.74) is 3.19. The van der Waals surface area contributed by atoms with E-state index in [1.54, 1.807) is 0 Å². The predicted octanol–water partition coefficient (Wildman–Crippen LogP) is 2.20. The molecule has 0 aliphatic carbocycles. The van der Waals surface area contributed by atoms with Crippen LogP contribution in [0.1, 0.15) is 0 Å². The van der Waals surface area contributed by atoms with Gasteiger partial charge in [-0.05, 0) is 12.1 Å². The number of anilines is 2. The highest BCUT2D eigenvalue weighted by molar-refractivity contribution is 6.33. The first-order chi connectivity index (χ1) is 7.58. The molecule has 0 saturated heterocycles. The molecule has 0 bridgehead atoms. The van der Waals surface area contributed by atoms with Crippen molar-refractivity contribution in [2.75, 3.05) is 23.8 Å². The topological polar surface area (TPSA) is 70.6 Å². The fourth-order valence-corrected chi connectivity index (χ4v) is 1.34. The van der Waals surface area contributed by atoms with E-state index in [-0.39, 0.29) is 22.3 Å². The molecule has 1 aromatic carbocycles. The van der Waals surface area contributed by atoms with Crippen LogP contribution in [-0.2, 0) is 9.63 Å². The molecule has 1 rings (SSSR count). The van der Waals surface area contributed by atoms with E-state index in [9.17, 15) is 9.90 Å². The largest absolute Gasteiger partial charge is 0.504 e. The fourth-order valence-electron chi connectivity index (χ4n) is 1.05. The summed E-state index contributed by atoms with van der Waals surface area (Å²) in [6, 6.07) is 2.92. The SMILES string of the molecule is CONc1cc(Cl)c(O)c(NC(=O)CCl)c1. The lowest BCUT2D eigenvalue weighted by molar-refractivity contribution is -0.113. The molecule has 16 heavy (non-hydrogen) atoms. The van der Waals surface area contributed by atoms with Gasteiger partial charge in [0.15, 0.2) is 5.75 Å². The van der Waals surface area contributed by atoms with Crippen molar-refractivity contribution < 1.29 is 14.7 Å². The lowest BCUT2D eigenvalue weighted by Crippen LogP contribution is -2.13. The third kappa shape index (κ3) is 3.16. The van der Waals surface area contributed by atoms with E-state index in [1.807, 2.05) is 0 Å². The number of alkyl halides is 1. The highest BCUT2D eigenvalue weighted by Crippen LogP contribution is 2.35. The molecule has 7 heteroatoms. The number of amides is 1. The van der Waals surface area contributed by atoms with Crippen LogP contribution in [-0.4, -0.2) is 24.0 Å². The second-order valence-corrected chi connectivity index (χ2v) is 3.52. The third-order valence-electron chi connectivity index (χ3n) is 1.68. The minimum Gasteiger partial charge on any atom is -0.504 e. The lowest BCUT2D eigenvalue weighted by Gasteiger charge is -2.10.